The Hall–Kier alpha value is -0.870. The lowest BCUT2D eigenvalue weighted by molar-refractivity contribution is 0.282. The Morgan fingerprint density at radius 2 is 2.11 bits per heavy atom. The van der Waals surface area contributed by atoms with E-state index < -0.39 is 0 Å². The number of aromatic nitrogens is 2. The smallest absolute Gasteiger partial charge is 0.0762 e. The van der Waals surface area contributed by atoms with Gasteiger partial charge in [0.1, 0.15) is 0 Å². The molecule has 0 aromatic carbocycles. The minimum Gasteiger partial charge on any atom is -0.396 e. The van der Waals surface area contributed by atoms with E-state index in [2.05, 4.69) is 36.5 Å². The first-order valence-electron chi connectivity index (χ1n) is 7.13. The molecule has 0 saturated heterocycles. The molecule has 0 bridgehead atoms. The van der Waals surface area contributed by atoms with Crippen LogP contribution in [0.4, 0.5) is 0 Å². The van der Waals surface area contributed by atoms with Crippen molar-refractivity contribution in [2.24, 2.45) is 0 Å². The van der Waals surface area contributed by atoms with Crippen LogP contribution in [0.5, 0.6) is 0 Å². The Labute approximate surface area is 110 Å². The summed E-state index contributed by atoms with van der Waals surface area (Å²) in [6.45, 7) is 6.56. The summed E-state index contributed by atoms with van der Waals surface area (Å²) in [5, 5.41) is 16.6. The highest BCUT2D eigenvalue weighted by Crippen LogP contribution is 2.09. The molecule has 1 aromatic heterocycles. The van der Waals surface area contributed by atoms with Gasteiger partial charge in [0.05, 0.1) is 5.69 Å². The standard InChI is InChI=1S/C14H27N3O/c1-3-13(2)17-10-8-14(16-17)12-15-9-6-4-5-7-11-18/h8,10,13,15,18H,3-7,9,11-12H2,1-2H3. The molecule has 0 aliphatic rings. The highest BCUT2D eigenvalue weighted by atomic mass is 16.2. The van der Waals surface area contributed by atoms with E-state index in [4.69, 9.17) is 5.11 Å². The molecule has 2 N–H and O–H groups in total. The highest BCUT2D eigenvalue weighted by molar-refractivity contribution is 4.99. The molecule has 104 valence electrons. The minimum atomic E-state index is 0.320. The van der Waals surface area contributed by atoms with Crippen LogP contribution in [0, 0.1) is 0 Å². The van der Waals surface area contributed by atoms with Crippen molar-refractivity contribution in [3.8, 4) is 0 Å². The van der Waals surface area contributed by atoms with E-state index in [9.17, 15) is 0 Å². The number of hydrogen-bond donors (Lipinski definition) is 2. The second-order valence-electron chi connectivity index (χ2n) is 4.86. The molecule has 4 heteroatoms. The van der Waals surface area contributed by atoms with Crippen molar-refractivity contribution in [2.75, 3.05) is 13.2 Å². The van der Waals surface area contributed by atoms with E-state index in [1.807, 2.05) is 4.68 Å². The van der Waals surface area contributed by atoms with E-state index in [1.165, 1.54) is 12.8 Å². The molecule has 1 rings (SSSR count). The molecule has 1 aromatic rings. The fourth-order valence-electron chi connectivity index (χ4n) is 1.84. The number of hydrogen-bond acceptors (Lipinski definition) is 3. The van der Waals surface area contributed by atoms with Crippen molar-refractivity contribution in [3.05, 3.63) is 18.0 Å². The minimum absolute atomic E-state index is 0.320. The zero-order valence-electron chi connectivity index (χ0n) is 11.7. The molecule has 18 heavy (non-hydrogen) atoms. The summed E-state index contributed by atoms with van der Waals surface area (Å²) in [5.74, 6) is 0. The predicted molar refractivity (Wildman–Crippen MR) is 74.5 cm³/mol. The normalized spacial score (nSPS) is 12.8. The molecule has 4 nitrogen and oxygen atoms in total. The maximum atomic E-state index is 8.66. The monoisotopic (exact) mass is 253 g/mol. The summed E-state index contributed by atoms with van der Waals surface area (Å²) in [7, 11) is 0. The number of unbranched alkanes of at least 4 members (excludes halogenated alkanes) is 3. The van der Waals surface area contributed by atoms with E-state index in [-0.39, 0.29) is 0 Å². The number of aliphatic hydroxyl groups is 1. The number of nitrogens with one attached hydrogen (secondary N) is 1. The van der Waals surface area contributed by atoms with Crippen LogP contribution in [-0.4, -0.2) is 28.0 Å². The van der Waals surface area contributed by atoms with E-state index >= 15 is 0 Å². The lowest BCUT2D eigenvalue weighted by Crippen LogP contribution is -2.15. The lowest BCUT2D eigenvalue weighted by atomic mass is 10.2. The molecule has 0 fully saturated rings. The topological polar surface area (TPSA) is 50.1 Å². The molecular formula is C14H27N3O. The van der Waals surface area contributed by atoms with Gasteiger partial charge in [0.25, 0.3) is 0 Å². The van der Waals surface area contributed by atoms with E-state index in [0.717, 1.165) is 38.0 Å². The Balaban J connectivity index is 2.10. The van der Waals surface area contributed by atoms with Gasteiger partial charge < -0.3 is 10.4 Å². The molecule has 0 amide bonds. The lowest BCUT2D eigenvalue weighted by Gasteiger charge is -2.08. The Kier molecular flexibility index (Phi) is 7.69. The van der Waals surface area contributed by atoms with Crippen LogP contribution in [0.3, 0.4) is 0 Å². The number of aliphatic hydroxyl groups excluding tert-OH is 1. The molecule has 0 aliphatic carbocycles. The Bertz CT molecular complexity index is 312. The summed E-state index contributed by atoms with van der Waals surface area (Å²) in [6.07, 6.45) is 7.59. The summed E-state index contributed by atoms with van der Waals surface area (Å²) in [5.41, 5.74) is 1.12. The zero-order chi connectivity index (χ0) is 13.2. The van der Waals surface area contributed by atoms with Gasteiger partial charge in [0, 0.05) is 25.4 Å². The van der Waals surface area contributed by atoms with Crippen molar-refractivity contribution in [3.63, 3.8) is 0 Å². The van der Waals surface area contributed by atoms with Gasteiger partial charge in [0.2, 0.25) is 0 Å². The van der Waals surface area contributed by atoms with Crippen molar-refractivity contribution < 1.29 is 5.11 Å². The molecule has 0 radical (unpaired) electrons. The first-order chi connectivity index (χ1) is 8.77. The third-order valence-corrected chi connectivity index (χ3v) is 3.27. The van der Waals surface area contributed by atoms with Gasteiger partial charge in [-0.25, -0.2) is 0 Å². The van der Waals surface area contributed by atoms with Crippen molar-refractivity contribution in [1.82, 2.24) is 15.1 Å². The van der Waals surface area contributed by atoms with Gasteiger partial charge in [-0.15, -0.1) is 0 Å². The largest absolute Gasteiger partial charge is 0.396 e. The van der Waals surface area contributed by atoms with Crippen LogP contribution in [0.25, 0.3) is 0 Å². The van der Waals surface area contributed by atoms with Crippen LogP contribution in [0.1, 0.15) is 57.7 Å². The molecule has 1 atom stereocenters. The van der Waals surface area contributed by atoms with Crippen molar-refractivity contribution >= 4 is 0 Å². The number of nitrogens with zero attached hydrogens (tertiary/aromatic N) is 2. The fraction of sp³-hybridized carbons (Fsp3) is 0.786. The first-order valence-corrected chi connectivity index (χ1v) is 7.13. The Morgan fingerprint density at radius 3 is 2.83 bits per heavy atom. The van der Waals surface area contributed by atoms with Gasteiger partial charge in [0.15, 0.2) is 0 Å². The van der Waals surface area contributed by atoms with Crippen LogP contribution in [-0.2, 0) is 6.54 Å². The van der Waals surface area contributed by atoms with E-state index in [1.54, 1.807) is 0 Å². The van der Waals surface area contributed by atoms with Crippen LogP contribution in [0.15, 0.2) is 12.3 Å². The van der Waals surface area contributed by atoms with Crippen LogP contribution >= 0.6 is 0 Å². The first kappa shape index (κ1) is 15.2. The molecule has 1 unspecified atom stereocenters. The quantitative estimate of drug-likeness (QED) is 0.630. The van der Waals surface area contributed by atoms with Crippen molar-refractivity contribution in [2.45, 2.75) is 58.5 Å². The SMILES string of the molecule is CCC(C)n1ccc(CNCCCCCCO)n1. The molecule has 0 spiro atoms. The molecule has 0 aliphatic heterocycles. The van der Waals surface area contributed by atoms with Gasteiger partial charge in [-0.2, -0.15) is 5.10 Å². The molecular weight excluding hydrogens is 226 g/mol. The van der Waals surface area contributed by atoms with Crippen LogP contribution < -0.4 is 5.32 Å². The average molecular weight is 253 g/mol. The van der Waals surface area contributed by atoms with Crippen LogP contribution in [0.2, 0.25) is 0 Å². The summed E-state index contributed by atoms with van der Waals surface area (Å²) >= 11 is 0. The average Bonchev–Trinajstić information content (AvgIpc) is 2.85. The second kappa shape index (κ2) is 9.11. The Morgan fingerprint density at radius 1 is 1.33 bits per heavy atom. The molecule has 1 heterocycles. The van der Waals surface area contributed by atoms with Gasteiger partial charge in [-0.3, -0.25) is 4.68 Å². The third kappa shape index (κ3) is 5.65. The summed E-state index contributed by atoms with van der Waals surface area (Å²) in [4.78, 5) is 0. The molecule has 0 saturated carbocycles. The van der Waals surface area contributed by atoms with Gasteiger partial charge in [-0.1, -0.05) is 19.8 Å². The highest BCUT2D eigenvalue weighted by Gasteiger charge is 2.03. The third-order valence-electron chi connectivity index (χ3n) is 3.27. The predicted octanol–water partition coefficient (Wildman–Crippen LogP) is 2.50. The van der Waals surface area contributed by atoms with E-state index in [0.29, 0.717) is 12.6 Å². The maximum Gasteiger partial charge on any atom is 0.0762 e. The van der Waals surface area contributed by atoms with Crippen molar-refractivity contribution in [1.29, 1.82) is 0 Å². The fourth-order valence-corrected chi connectivity index (χ4v) is 1.84. The number of rotatable bonds is 10. The second-order valence-corrected chi connectivity index (χ2v) is 4.86. The van der Waals surface area contributed by atoms with Gasteiger partial charge in [-0.05, 0) is 38.8 Å². The maximum absolute atomic E-state index is 8.66. The zero-order valence-corrected chi connectivity index (χ0v) is 11.7. The summed E-state index contributed by atoms with van der Waals surface area (Å²) < 4.78 is 2.04. The van der Waals surface area contributed by atoms with Gasteiger partial charge >= 0.3 is 0 Å². The summed E-state index contributed by atoms with van der Waals surface area (Å²) in [6, 6.07) is 2.57.